The van der Waals surface area contributed by atoms with Crippen molar-refractivity contribution in [3.63, 3.8) is 0 Å². The van der Waals surface area contributed by atoms with Crippen LogP contribution in [0.3, 0.4) is 0 Å². The normalized spacial score (nSPS) is 14.4. The molecule has 1 atom stereocenters. The lowest BCUT2D eigenvalue weighted by molar-refractivity contribution is 0.369. The number of methoxy groups -OCH3 is 1. The molecule has 10 nitrogen and oxygen atoms in total. The molecule has 0 spiro atoms. The van der Waals surface area contributed by atoms with Gasteiger partial charge in [-0.15, -0.1) is 6.58 Å². The maximum Gasteiger partial charge on any atom is 0.211 e. The molecule has 0 aliphatic carbocycles. The highest BCUT2D eigenvalue weighted by molar-refractivity contribution is 5.98. The second-order valence-corrected chi connectivity index (χ2v) is 6.13. The van der Waals surface area contributed by atoms with E-state index in [0.29, 0.717) is 17.5 Å². The Morgan fingerprint density at radius 2 is 2.17 bits per heavy atom. The first-order chi connectivity index (χ1) is 13.9. The minimum absolute atomic E-state index is 0.0103. The summed E-state index contributed by atoms with van der Waals surface area (Å²) in [6.45, 7) is 3.73. The fourth-order valence-electron chi connectivity index (χ4n) is 3.14. The molecule has 3 rings (SSSR count). The summed E-state index contributed by atoms with van der Waals surface area (Å²) in [5.41, 5.74) is 13.7. The number of aliphatic imine (C=N–C) groups is 1. The zero-order chi connectivity index (χ0) is 21.1. The molecule has 0 fully saturated rings. The number of nitrogens with zero attached hydrogens (tertiary/aromatic N) is 4. The molecule has 0 saturated carbocycles. The van der Waals surface area contributed by atoms with Gasteiger partial charge in [0.2, 0.25) is 5.96 Å². The van der Waals surface area contributed by atoms with Gasteiger partial charge in [0.15, 0.2) is 17.7 Å². The second kappa shape index (κ2) is 7.66. The van der Waals surface area contributed by atoms with Gasteiger partial charge in [-0.25, -0.2) is 9.98 Å². The van der Waals surface area contributed by atoms with Crippen LogP contribution in [-0.2, 0) is 6.42 Å². The Morgan fingerprint density at radius 1 is 1.41 bits per heavy atom. The Morgan fingerprint density at radius 3 is 2.79 bits per heavy atom. The lowest BCUT2D eigenvalue weighted by atomic mass is 9.92. The molecule has 7 N–H and O–H groups in total. The Bertz CT molecular complexity index is 1110. The van der Waals surface area contributed by atoms with Crippen molar-refractivity contribution in [1.29, 1.82) is 10.5 Å². The Labute approximate surface area is 166 Å². The van der Waals surface area contributed by atoms with Gasteiger partial charge in [0.25, 0.3) is 0 Å². The zero-order valence-corrected chi connectivity index (χ0v) is 15.5. The number of rotatable bonds is 4. The predicted octanol–water partition coefficient (Wildman–Crippen LogP) is 1.50. The highest BCUT2D eigenvalue weighted by Crippen LogP contribution is 2.45. The van der Waals surface area contributed by atoms with Crippen molar-refractivity contribution < 1.29 is 9.84 Å². The summed E-state index contributed by atoms with van der Waals surface area (Å²) in [6.07, 6.45) is 4.01. The van der Waals surface area contributed by atoms with Crippen LogP contribution in [0.2, 0.25) is 0 Å². The molecule has 10 heteroatoms. The van der Waals surface area contributed by atoms with Crippen LogP contribution in [0.5, 0.6) is 11.5 Å². The van der Waals surface area contributed by atoms with Crippen molar-refractivity contribution in [1.82, 2.24) is 10.3 Å². The van der Waals surface area contributed by atoms with E-state index in [-0.39, 0.29) is 40.3 Å². The smallest absolute Gasteiger partial charge is 0.211 e. The molecule has 1 aromatic heterocycles. The van der Waals surface area contributed by atoms with Gasteiger partial charge >= 0.3 is 0 Å². The lowest BCUT2D eigenvalue weighted by Crippen LogP contribution is -2.32. The molecule has 29 heavy (non-hydrogen) atoms. The maximum absolute atomic E-state index is 10.8. The van der Waals surface area contributed by atoms with Gasteiger partial charge in [0.05, 0.1) is 12.8 Å². The third-order valence-electron chi connectivity index (χ3n) is 4.42. The van der Waals surface area contributed by atoms with E-state index in [0.717, 1.165) is 5.56 Å². The number of anilines is 3. The number of guanidine groups is 1. The fraction of sp³-hybridized carbons (Fsp3) is 0.158. The summed E-state index contributed by atoms with van der Waals surface area (Å²) in [7, 11) is 1.43. The van der Waals surface area contributed by atoms with Crippen molar-refractivity contribution in [3.05, 3.63) is 47.0 Å². The first-order valence-electron chi connectivity index (χ1n) is 8.44. The van der Waals surface area contributed by atoms with Crippen LogP contribution in [0.25, 0.3) is 0 Å². The molecule has 1 aromatic carbocycles. The molecule has 0 bridgehead atoms. The third kappa shape index (κ3) is 3.31. The first kappa shape index (κ1) is 19.3. The minimum atomic E-state index is -0.874. The average molecular weight is 390 g/mol. The number of aromatic hydroxyl groups is 1. The van der Waals surface area contributed by atoms with Gasteiger partial charge in [0, 0.05) is 11.1 Å². The summed E-state index contributed by atoms with van der Waals surface area (Å²) in [4.78, 5) is 8.64. The van der Waals surface area contributed by atoms with Crippen molar-refractivity contribution in [3.8, 4) is 23.8 Å². The fourth-order valence-corrected chi connectivity index (χ4v) is 3.14. The van der Waals surface area contributed by atoms with E-state index in [1.807, 2.05) is 6.07 Å². The number of fused-ring (bicyclic) bond motifs is 1. The maximum atomic E-state index is 10.8. The van der Waals surface area contributed by atoms with Crippen LogP contribution in [-0.4, -0.2) is 23.2 Å². The summed E-state index contributed by atoms with van der Waals surface area (Å²) in [5, 5.41) is 34.4. The Kier molecular flexibility index (Phi) is 5.11. The molecule has 2 heterocycles. The van der Waals surface area contributed by atoms with Crippen molar-refractivity contribution in [2.75, 3.05) is 23.9 Å². The van der Waals surface area contributed by atoms with Crippen LogP contribution >= 0.6 is 0 Å². The number of benzene rings is 1. The standard InChI is InChI=1S/C19H18N8O2/c1-3-4-9-5-10(16(28)12(6-9)29-2)15-13-14(22)11(7-20)17(23)26-18(13)27-19(25-15)24-8-21/h3,5-6,15,28H,1,4H2,2H3,(H6,22,23,24,25,26,27). The number of nitrogen functional groups attached to an aromatic ring is 2. The van der Waals surface area contributed by atoms with Crippen LogP contribution in [0.15, 0.2) is 29.8 Å². The Balaban J connectivity index is 2.32. The molecule has 2 aromatic rings. The quantitative estimate of drug-likeness (QED) is 0.294. The summed E-state index contributed by atoms with van der Waals surface area (Å²) in [5.74, 6) is 0.355. The predicted molar refractivity (Wildman–Crippen MR) is 108 cm³/mol. The highest BCUT2D eigenvalue weighted by Gasteiger charge is 2.32. The minimum Gasteiger partial charge on any atom is -0.504 e. The average Bonchev–Trinajstić information content (AvgIpc) is 2.69. The van der Waals surface area contributed by atoms with Gasteiger partial charge in [0.1, 0.15) is 29.3 Å². The van der Waals surface area contributed by atoms with Crippen molar-refractivity contribution in [2.45, 2.75) is 12.5 Å². The third-order valence-corrected chi connectivity index (χ3v) is 4.42. The molecule has 146 valence electrons. The molecular formula is C19H18N8O2. The number of allylic oxidation sites excluding steroid dienone is 1. The highest BCUT2D eigenvalue weighted by atomic mass is 16.5. The van der Waals surface area contributed by atoms with Gasteiger partial charge < -0.3 is 26.6 Å². The van der Waals surface area contributed by atoms with E-state index in [9.17, 15) is 10.4 Å². The van der Waals surface area contributed by atoms with E-state index >= 15 is 0 Å². The summed E-state index contributed by atoms with van der Waals surface area (Å²) in [6, 6.07) is 4.48. The second-order valence-electron chi connectivity index (χ2n) is 6.13. The molecule has 0 radical (unpaired) electrons. The van der Waals surface area contributed by atoms with Crippen molar-refractivity contribution >= 4 is 23.3 Å². The van der Waals surface area contributed by atoms with E-state index in [2.05, 4.69) is 27.2 Å². The molecule has 1 aliphatic heterocycles. The summed E-state index contributed by atoms with van der Waals surface area (Å²) < 4.78 is 5.28. The molecule has 1 aliphatic rings. The largest absolute Gasteiger partial charge is 0.504 e. The van der Waals surface area contributed by atoms with Crippen molar-refractivity contribution in [2.24, 2.45) is 4.99 Å². The topological polar surface area (TPSA) is 178 Å². The number of phenolic OH excluding ortho intramolecular Hbond substituents is 1. The zero-order valence-electron chi connectivity index (χ0n) is 15.5. The SMILES string of the molecule is C=CCc1cc(OC)c(O)c(C2N=C(NC#N)Nc3nc(N)c(C#N)c(N)c32)c1. The number of hydrogen-bond donors (Lipinski definition) is 5. The Hall–Kier alpha value is -4.44. The molecule has 0 amide bonds. The number of ether oxygens (including phenoxy) is 1. The lowest BCUT2D eigenvalue weighted by Gasteiger charge is -2.27. The van der Waals surface area contributed by atoms with Crippen LogP contribution in [0.1, 0.15) is 28.3 Å². The number of nitrogens with two attached hydrogens (primary N) is 2. The van der Waals surface area contributed by atoms with Gasteiger partial charge in [-0.3, -0.25) is 5.32 Å². The number of aromatic nitrogens is 1. The van der Waals surface area contributed by atoms with Gasteiger partial charge in [-0.1, -0.05) is 6.08 Å². The first-order valence-corrected chi connectivity index (χ1v) is 8.44. The van der Waals surface area contributed by atoms with E-state index in [1.54, 1.807) is 24.4 Å². The van der Waals surface area contributed by atoms with E-state index in [4.69, 9.17) is 21.5 Å². The number of hydrogen-bond acceptors (Lipinski definition) is 10. The molecular weight excluding hydrogens is 372 g/mol. The number of nitriles is 2. The van der Waals surface area contributed by atoms with E-state index < -0.39 is 6.04 Å². The van der Waals surface area contributed by atoms with Gasteiger partial charge in [-0.05, 0) is 24.1 Å². The van der Waals surface area contributed by atoms with Crippen LogP contribution in [0, 0.1) is 22.8 Å². The number of phenols is 1. The van der Waals surface area contributed by atoms with E-state index in [1.165, 1.54) is 7.11 Å². The van der Waals surface area contributed by atoms with Crippen LogP contribution in [0.4, 0.5) is 17.3 Å². The van der Waals surface area contributed by atoms with Gasteiger partial charge in [-0.2, -0.15) is 10.5 Å². The van der Waals surface area contributed by atoms with Crippen LogP contribution < -0.4 is 26.8 Å². The number of nitrogens with one attached hydrogen (secondary N) is 2. The molecule has 0 saturated heterocycles. The molecule has 1 unspecified atom stereocenters. The monoisotopic (exact) mass is 390 g/mol. The summed E-state index contributed by atoms with van der Waals surface area (Å²) >= 11 is 0. The number of pyridine rings is 1.